The van der Waals surface area contributed by atoms with E-state index in [1.807, 2.05) is 0 Å². The molecular formula is C5H7O. The fourth-order valence-corrected chi connectivity index (χ4v) is 0.584. The second kappa shape index (κ2) is 1.07. The van der Waals surface area contributed by atoms with Gasteiger partial charge in [-0.1, -0.05) is 0 Å². The molecule has 1 rings (SSSR count). The minimum atomic E-state index is 0.370. The molecule has 0 unspecified atom stereocenters. The first-order chi connectivity index (χ1) is 2.79. The van der Waals surface area contributed by atoms with Gasteiger partial charge in [0.2, 0.25) is 0 Å². The number of Topliss-reactive ketones (excluding diaryl/α,β-unsaturated/α-hetero) is 1. The molecule has 0 bridgehead atoms. The number of ketones is 1. The Morgan fingerprint density at radius 3 is 2.17 bits per heavy atom. The smallest absolute Gasteiger partial charge is 0.133 e. The van der Waals surface area contributed by atoms with E-state index in [1.165, 1.54) is 0 Å². The zero-order valence-corrected chi connectivity index (χ0v) is 3.61. The lowest BCUT2D eigenvalue weighted by molar-refractivity contribution is -0.125. The van der Waals surface area contributed by atoms with Crippen LogP contribution in [0.15, 0.2) is 0 Å². The molecule has 1 heteroatoms. The molecule has 1 fully saturated rings. The zero-order valence-electron chi connectivity index (χ0n) is 3.61. The van der Waals surface area contributed by atoms with Crippen molar-refractivity contribution in [3.05, 3.63) is 6.92 Å². The molecule has 0 N–H and O–H groups in total. The average Bonchev–Trinajstić information content (AvgIpc) is 1.33. The van der Waals surface area contributed by atoms with Crippen LogP contribution in [0.25, 0.3) is 0 Å². The number of hydrogen-bond donors (Lipinski definition) is 0. The van der Waals surface area contributed by atoms with Gasteiger partial charge in [0.1, 0.15) is 5.78 Å². The summed E-state index contributed by atoms with van der Waals surface area (Å²) >= 11 is 0. The van der Waals surface area contributed by atoms with E-state index in [-0.39, 0.29) is 0 Å². The van der Waals surface area contributed by atoms with Gasteiger partial charge in [0.25, 0.3) is 0 Å². The van der Waals surface area contributed by atoms with Gasteiger partial charge in [-0.25, -0.2) is 0 Å². The van der Waals surface area contributed by atoms with E-state index in [0.29, 0.717) is 11.7 Å². The van der Waals surface area contributed by atoms with Crippen molar-refractivity contribution in [2.75, 3.05) is 0 Å². The topological polar surface area (TPSA) is 17.1 Å². The molecule has 33 valence electrons. The molecule has 0 atom stereocenters. The molecule has 0 amide bonds. The van der Waals surface area contributed by atoms with Crippen molar-refractivity contribution in [3.8, 4) is 0 Å². The third-order valence-corrected chi connectivity index (χ3v) is 1.03. The van der Waals surface area contributed by atoms with Crippen LogP contribution in [-0.4, -0.2) is 5.78 Å². The predicted molar refractivity (Wildman–Crippen MR) is 23.1 cm³/mol. The predicted octanol–water partition coefficient (Wildman–Crippen LogP) is 0.800. The SMILES string of the molecule is [CH2]C1CC(=O)C1. The Morgan fingerprint density at radius 2 is 2.17 bits per heavy atom. The highest BCUT2D eigenvalue weighted by atomic mass is 16.1. The Hall–Kier alpha value is -0.330. The number of carbonyl (C=O) groups is 1. The molecule has 0 heterocycles. The molecule has 6 heavy (non-hydrogen) atoms. The summed E-state index contributed by atoms with van der Waals surface area (Å²) < 4.78 is 0. The van der Waals surface area contributed by atoms with Crippen molar-refractivity contribution in [3.63, 3.8) is 0 Å². The summed E-state index contributed by atoms with van der Waals surface area (Å²) in [7, 11) is 0. The van der Waals surface area contributed by atoms with Crippen molar-refractivity contribution in [2.24, 2.45) is 5.92 Å². The maximum Gasteiger partial charge on any atom is 0.133 e. The Labute approximate surface area is 37.4 Å². The van der Waals surface area contributed by atoms with Crippen LogP contribution in [0.3, 0.4) is 0 Å². The Kier molecular flexibility index (Phi) is 0.685. The highest BCUT2D eigenvalue weighted by molar-refractivity contribution is 5.84. The van der Waals surface area contributed by atoms with E-state index >= 15 is 0 Å². The Balaban J connectivity index is 2.28. The first-order valence-corrected chi connectivity index (χ1v) is 2.14. The van der Waals surface area contributed by atoms with Gasteiger partial charge in [-0.3, -0.25) is 4.79 Å². The number of hydrogen-bond acceptors (Lipinski definition) is 1. The molecule has 1 aliphatic carbocycles. The molecule has 0 saturated heterocycles. The molecule has 0 aliphatic heterocycles. The zero-order chi connectivity index (χ0) is 4.57. The highest BCUT2D eigenvalue weighted by Gasteiger charge is 2.20. The first-order valence-electron chi connectivity index (χ1n) is 2.14. The summed E-state index contributed by atoms with van der Waals surface area (Å²) in [6.07, 6.45) is 1.44. The van der Waals surface area contributed by atoms with Crippen molar-refractivity contribution in [2.45, 2.75) is 12.8 Å². The third kappa shape index (κ3) is 0.445. The van der Waals surface area contributed by atoms with Crippen LogP contribution in [0.5, 0.6) is 0 Å². The largest absolute Gasteiger partial charge is 0.300 e. The fraction of sp³-hybridized carbons (Fsp3) is 0.600. The van der Waals surface area contributed by atoms with Gasteiger partial charge < -0.3 is 0 Å². The van der Waals surface area contributed by atoms with E-state index in [0.717, 1.165) is 12.8 Å². The molecule has 1 saturated carbocycles. The summed E-state index contributed by atoms with van der Waals surface area (Å²) in [6, 6.07) is 0. The van der Waals surface area contributed by atoms with Gasteiger partial charge in [0.05, 0.1) is 0 Å². The first kappa shape index (κ1) is 3.85. The van der Waals surface area contributed by atoms with Gasteiger partial charge in [0, 0.05) is 12.8 Å². The number of rotatable bonds is 0. The van der Waals surface area contributed by atoms with E-state index in [9.17, 15) is 4.79 Å². The third-order valence-electron chi connectivity index (χ3n) is 1.03. The molecular weight excluding hydrogens is 76.1 g/mol. The lowest BCUT2D eigenvalue weighted by atomic mass is 9.86. The van der Waals surface area contributed by atoms with E-state index in [4.69, 9.17) is 0 Å². The monoisotopic (exact) mass is 83.0 g/mol. The summed E-state index contributed by atoms with van der Waals surface area (Å²) in [6.45, 7) is 3.67. The van der Waals surface area contributed by atoms with E-state index in [2.05, 4.69) is 6.92 Å². The van der Waals surface area contributed by atoms with Crippen LogP contribution in [-0.2, 0) is 4.79 Å². The van der Waals surface area contributed by atoms with Crippen LogP contribution in [0.2, 0.25) is 0 Å². The van der Waals surface area contributed by atoms with E-state index in [1.54, 1.807) is 0 Å². The molecule has 1 nitrogen and oxygen atoms in total. The summed E-state index contributed by atoms with van der Waals surface area (Å²) in [5.41, 5.74) is 0. The highest BCUT2D eigenvalue weighted by Crippen LogP contribution is 2.20. The maximum atomic E-state index is 10.1. The van der Waals surface area contributed by atoms with Gasteiger partial charge >= 0.3 is 0 Å². The normalized spacial score (nSPS) is 23.8. The van der Waals surface area contributed by atoms with Crippen molar-refractivity contribution < 1.29 is 4.79 Å². The Bertz CT molecular complexity index is 68.0. The summed E-state index contributed by atoms with van der Waals surface area (Å²) in [4.78, 5) is 10.1. The standard InChI is InChI=1S/C5H7O/c1-4-2-5(6)3-4/h4H,1-3H2. The molecule has 0 aromatic carbocycles. The van der Waals surface area contributed by atoms with Crippen molar-refractivity contribution in [1.82, 2.24) is 0 Å². The minimum Gasteiger partial charge on any atom is -0.300 e. The molecule has 0 spiro atoms. The van der Waals surface area contributed by atoms with E-state index < -0.39 is 0 Å². The van der Waals surface area contributed by atoms with Crippen LogP contribution < -0.4 is 0 Å². The van der Waals surface area contributed by atoms with Gasteiger partial charge in [-0.2, -0.15) is 0 Å². The second-order valence-electron chi connectivity index (χ2n) is 1.81. The average molecular weight is 83.1 g/mol. The minimum absolute atomic E-state index is 0.370. The van der Waals surface area contributed by atoms with Crippen molar-refractivity contribution in [1.29, 1.82) is 0 Å². The summed E-state index contributed by atoms with van der Waals surface area (Å²) in [5, 5.41) is 0. The van der Waals surface area contributed by atoms with Gasteiger partial charge in [-0.15, -0.1) is 0 Å². The van der Waals surface area contributed by atoms with Crippen LogP contribution in [0, 0.1) is 12.8 Å². The second-order valence-corrected chi connectivity index (χ2v) is 1.81. The van der Waals surface area contributed by atoms with Crippen LogP contribution in [0.4, 0.5) is 0 Å². The maximum absolute atomic E-state index is 10.1. The van der Waals surface area contributed by atoms with Crippen LogP contribution >= 0.6 is 0 Å². The molecule has 1 radical (unpaired) electrons. The number of carbonyl (C=O) groups excluding carboxylic acids is 1. The molecule has 0 aromatic rings. The lowest BCUT2D eigenvalue weighted by Crippen LogP contribution is -2.19. The van der Waals surface area contributed by atoms with Gasteiger partial charge in [0.15, 0.2) is 0 Å². The van der Waals surface area contributed by atoms with Gasteiger partial charge in [-0.05, 0) is 12.8 Å². The molecule has 0 aromatic heterocycles. The Morgan fingerprint density at radius 1 is 1.67 bits per heavy atom. The lowest BCUT2D eigenvalue weighted by Gasteiger charge is -2.17. The van der Waals surface area contributed by atoms with Crippen molar-refractivity contribution >= 4 is 5.78 Å². The quantitative estimate of drug-likeness (QED) is 0.423. The fourth-order valence-electron chi connectivity index (χ4n) is 0.584. The molecule has 1 aliphatic rings. The summed E-state index contributed by atoms with van der Waals surface area (Å²) in [5.74, 6) is 0.813. The van der Waals surface area contributed by atoms with Crippen LogP contribution in [0.1, 0.15) is 12.8 Å².